The van der Waals surface area contributed by atoms with Gasteiger partial charge in [0.05, 0.1) is 0 Å². The van der Waals surface area contributed by atoms with Gasteiger partial charge >= 0.3 is 5.97 Å². The molecule has 0 spiro atoms. The summed E-state index contributed by atoms with van der Waals surface area (Å²) in [7, 11) is 0. The molecule has 21 heavy (non-hydrogen) atoms. The molecule has 2 rings (SSSR count). The van der Waals surface area contributed by atoms with E-state index < -0.39 is 5.97 Å². The summed E-state index contributed by atoms with van der Waals surface area (Å²) < 4.78 is 0. The van der Waals surface area contributed by atoms with E-state index in [9.17, 15) is 9.59 Å². The van der Waals surface area contributed by atoms with Crippen molar-refractivity contribution in [3.05, 3.63) is 34.3 Å². The van der Waals surface area contributed by atoms with Gasteiger partial charge in [0.15, 0.2) is 0 Å². The van der Waals surface area contributed by atoms with Crippen molar-refractivity contribution in [2.45, 2.75) is 45.1 Å². The van der Waals surface area contributed by atoms with Gasteiger partial charge in [-0.15, -0.1) is 0 Å². The fourth-order valence-corrected chi connectivity index (χ4v) is 2.93. The van der Waals surface area contributed by atoms with E-state index in [1.807, 2.05) is 17.9 Å². The number of carbonyl (C=O) groups is 2. The Labute approximate surface area is 129 Å². The first kappa shape index (κ1) is 15.8. The van der Waals surface area contributed by atoms with Gasteiger partial charge in [0.25, 0.3) is 5.91 Å². The van der Waals surface area contributed by atoms with E-state index in [0.29, 0.717) is 23.6 Å². The second-order valence-corrected chi connectivity index (χ2v) is 5.95. The average molecular weight is 310 g/mol. The molecule has 114 valence electrons. The third-order valence-electron chi connectivity index (χ3n) is 4.00. The third-order valence-corrected chi connectivity index (χ3v) is 4.41. The van der Waals surface area contributed by atoms with Crippen LogP contribution in [0.25, 0.3) is 0 Å². The van der Waals surface area contributed by atoms with Crippen LogP contribution in [0.2, 0.25) is 5.02 Å². The number of hydrogen-bond donors (Lipinski definition) is 1. The molecule has 0 aliphatic carbocycles. The maximum Gasteiger partial charge on any atom is 0.303 e. The van der Waals surface area contributed by atoms with Crippen molar-refractivity contribution in [1.82, 2.24) is 4.90 Å². The Hall–Kier alpha value is -1.55. The Morgan fingerprint density at radius 2 is 2.14 bits per heavy atom. The number of amides is 1. The first-order chi connectivity index (χ1) is 9.99. The van der Waals surface area contributed by atoms with E-state index in [2.05, 4.69) is 0 Å². The zero-order valence-electron chi connectivity index (χ0n) is 12.1. The largest absolute Gasteiger partial charge is 0.481 e. The quantitative estimate of drug-likeness (QED) is 0.926. The summed E-state index contributed by atoms with van der Waals surface area (Å²) >= 11 is 6.09. The highest BCUT2D eigenvalue weighted by Crippen LogP contribution is 2.24. The number of rotatable bonds is 4. The van der Waals surface area contributed by atoms with Crippen molar-refractivity contribution in [2.75, 3.05) is 6.54 Å². The van der Waals surface area contributed by atoms with Crippen molar-refractivity contribution in [2.24, 2.45) is 0 Å². The molecule has 1 heterocycles. The van der Waals surface area contributed by atoms with Crippen molar-refractivity contribution < 1.29 is 14.7 Å². The monoisotopic (exact) mass is 309 g/mol. The summed E-state index contributed by atoms with van der Waals surface area (Å²) in [6, 6.07) is 5.34. The molecule has 4 nitrogen and oxygen atoms in total. The molecular weight excluding hydrogens is 290 g/mol. The predicted molar refractivity (Wildman–Crippen MR) is 81.7 cm³/mol. The van der Waals surface area contributed by atoms with E-state index in [1.165, 1.54) is 0 Å². The van der Waals surface area contributed by atoms with E-state index in [1.54, 1.807) is 12.1 Å². The summed E-state index contributed by atoms with van der Waals surface area (Å²) in [5.41, 5.74) is 1.52. The number of nitrogens with zero attached hydrogens (tertiary/aromatic N) is 1. The maximum absolute atomic E-state index is 12.6. The standard InChI is InChI=1S/C16H20ClNO3/c1-11-5-6-12(10-14(11)17)16(21)18-9-3-2-4-13(18)7-8-15(19)20/h5-6,10,13H,2-4,7-9H2,1H3,(H,19,20). The molecule has 0 radical (unpaired) electrons. The number of likely N-dealkylation sites (tertiary alicyclic amines) is 1. The molecule has 1 aromatic carbocycles. The fraction of sp³-hybridized carbons (Fsp3) is 0.500. The van der Waals surface area contributed by atoms with Crippen molar-refractivity contribution in [1.29, 1.82) is 0 Å². The maximum atomic E-state index is 12.6. The number of piperidine rings is 1. The second-order valence-electron chi connectivity index (χ2n) is 5.54. The minimum Gasteiger partial charge on any atom is -0.481 e. The number of aryl methyl sites for hydroxylation is 1. The minimum atomic E-state index is -0.814. The lowest BCUT2D eigenvalue weighted by atomic mass is 9.96. The Morgan fingerprint density at radius 3 is 2.81 bits per heavy atom. The molecular formula is C16H20ClNO3. The van der Waals surface area contributed by atoms with Gasteiger partial charge in [0.2, 0.25) is 0 Å². The molecule has 1 atom stereocenters. The number of benzene rings is 1. The first-order valence-electron chi connectivity index (χ1n) is 7.28. The Kier molecular flexibility index (Phi) is 5.23. The number of carbonyl (C=O) groups excluding carboxylic acids is 1. The first-order valence-corrected chi connectivity index (χ1v) is 7.65. The third kappa shape index (κ3) is 3.97. The van der Waals surface area contributed by atoms with Crippen LogP contribution in [0.1, 0.15) is 48.0 Å². The number of carboxylic acids is 1. The van der Waals surface area contributed by atoms with E-state index >= 15 is 0 Å². The molecule has 5 heteroatoms. The summed E-state index contributed by atoms with van der Waals surface area (Å²) in [6.45, 7) is 2.59. The van der Waals surface area contributed by atoms with Crippen molar-refractivity contribution in [3.8, 4) is 0 Å². The van der Waals surface area contributed by atoms with Crippen LogP contribution in [-0.4, -0.2) is 34.5 Å². The van der Waals surface area contributed by atoms with E-state index in [0.717, 1.165) is 24.8 Å². The molecule has 1 N–H and O–H groups in total. The lowest BCUT2D eigenvalue weighted by Gasteiger charge is -2.35. The predicted octanol–water partition coefficient (Wildman–Crippen LogP) is 3.51. The van der Waals surface area contributed by atoms with Crippen LogP contribution in [0.4, 0.5) is 0 Å². The van der Waals surface area contributed by atoms with Gasteiger partial charge in [-0.3, -0.25) is 9.59 Å². The highest BCUT2D eigenvalue weighted by molar-refractivity contribution is 6.31. The van der Waals surface area contributed by atoms with Crippen LogP contribution in [0, 0.1) is 6.92 Å². The number of halogens is 1. The summed E-state index contributed by atoms with van der Waals surface area (Å²) in [5.74, 6) is -0.863. The van der Waals surface area contributed by atoms with Gasteiger partial charge in [0, 0.05) is 29.6 Å². The number of carboxylic acid groups (broad SMARTS) is 1. The van der Waals surface area contributed by atoms with Crippen LogP contribution in [0.5, 0.6) is 0 Å². The van der Waals surface area contributed by atoms with Crippen LogP contribution in [-0.2, 0) is 4.79 Å². The zero-order valence-corrected chi connectivity index (χ0v) is 12.9. The van der Waals surface area contributed by atoms with E-state index in [4.69, 9.17) is 16.7 Å². The summed E-state index contributed by atoms with van der Waals surface area (Å²) in [5, 5.41) is 9.42. The Morgan fingerprint density at radius 1 is 1.38 bits per heavy atom. The van der Waals surface area contributed by atoms with Crippen LogP contribution < -0.4 is 0 Å². The molecule has 1 aliphatic heterocycles. The molecule has 0 saturated carbocycles. The van der Waals surface area contributed by atoms with Crippen molar-refractivity contribution >= 4 is 23.5 Å². The van der Waals surface area contributed by atoms with E-state index in [-0.39, 0.29) is 18.4 Å². The van der Waals surface area contributed by atoms with Gasteiger partial charge in [-0.05, 0) is 50.3 Å². The molecule has 1 fully saturated rings. The molecule has 1 amide bonds. The molecule has 0 aromatic heterocycles. The summed E-state index contributed by atoms with van der Waals surface area (Å²) in [6.07, 6.45) is 3.50. The second kappa shape index (κ2) is 6.94. The topological polar surface area (TPSA) is 57.6 Å². The minimum absolute atomic E-state index is 0.0161. The smallest absolute Gasteiger partial charge is 0.303 e. The van der Waals surface area contributed by atoms with Gasteiger partial charge in [-0.25, -0.2) is 0 Å². The fourth-order valence-electron chi connectivity index (χ4n) is 2.75. The highest BCUT2D eigenvalue weighted by Gasteiger charge is 2.27. The number of hydrogen-bond acceptors (Lipinski definition) is 2. The zero-order chi connectivity index (χ0) is 15.4. The number of aliphatic carboxylic acids is 1. The normalized spacial score (nSPS) is 18.6. The van der Waals surface area contributed by atoms with Gasteiger partial charge in [-0.2, -0.15) is 0 Å². The van der Waals surface area contributed by atoms with Crippen LogP contribution >= 0.6 is 11.6 Å². The molecule has 1 unspecified atom stereocenters. The van der Waals surface area contributed by atoms with Crippen molar-refractivity contribution in [3.63, 3.8) is 0 Å². The average Bonchev–Trinajstić information content (AvgIpc) is 2.47. The van der Waals surface area contributed by atoms with Crippen LogP contribution in [0.15, 0.2) is 18.2 Å². The molecule has 1 aliphatic rings. The van der Waals surface area contributed by atoms with Gasteiger partial charge in [0.1, 0.15) is 0 Å². The summed E-state index contributed by atoms with van der Waals surface area (Å²) in [4.78, 5) is 25.2. The SMILES string of the molecule is Cc1ccc(C(=O)N2CCCCC2CCC(=O)O)cc1Cl. The molecule has 1 saturated heterocycles. The molecule has 1 aromatic rings. The Bertz CT molecular complexity index is 544. The lowest BCUT2D eigenvalue weighted by Crippen LogP contribution is -2.44. The highest BCUT2D eigenvalue weighted by atomic mass is 35.5. The Balaban J connectivity index is 2.13. The van der Waals surface area contributed by atoms with Crippen LogP contribution in [0.3, 0.4) is 0 Å². The van der Waals surface area contributed by atoms with Gasteiger partial charge < -0.3 is 10.0 Å². The molecule has 0 bridgehead atoms. The van der Waals surface area contributed by atoms with Gasteiger partial charge in [-0.1, -0.05) is 17.7 Å². The lowest BCUT2D eigenvalue weighted by molar-refractivity contribution is -0.137.